The molecule has 20 heavy (non-hydrogen) atoms. The van der Waals surface area contributed by atoms with Gasteiger partial charge in [-0.1, -0.05) is 42.0 Å². The molecule has 1 saturated carbocycles. The third kappa shape index (κ3) is 2.69. The van der Waals surface area contributed by atoms with Gasteiger partial charge in [-0.2, -0.15) is 0 Å². The number of aryl methyl sites for hydroxylation is 2. The highest BCUT2D eigenvalue weighted by Gasteiger charge is 2.32. The number of nitrogens with one attached hydrogen (secondary N) is 1. The van der Waals surface area contributed by atoms with Crippen LogP contribution < -0.4 is 5.32 Å². The number of hydrogen-bond donors (Lipinski definition) is 1. The maximum atomic E-state index is 14.0. The molecule has 1 nitrogen and oxygen atoms in total. The van der Waals surface area contributed by atoms with Crippen molar-refractivity contribution < 1.29 is 4.39 Å². The van der Waals surface area contributed by atoms with E-state index in [2.05, 4.69) is 36.5 Å². The third-order valence-electron chi connectivity index (χ3n) is 4.05. The standard InChI is InChI=1S/C18H20FN/c1-12-6-8-14(9-7-12)18(15-10-11-15)20-17-13(2)4-3-5-16(17)19/h3-9,15,18,20H,10-11H2,1-2H3. The summed E-state index contributed by atoms with van der Waals surface area (Å²) >= 11 is 0. The number of benzene rings is 2. The van der Waals surface area contributed by atoms with Crippen LogP contribution in [0.15, 0.2) is 42.5 Å². The van der Waals surface area contributed by atoms with Crippen LogP contribution in [0.1, 0.15) is 35.6 Å². The summed E-state index contributed by atoms with van der Waals surface area (Å²) < 4.78 is 14.0. The molecule has 0 aliphatic heterocycles. The Labute approximate surface area is 119 Å². The molecule has 0 radical (unpaired) electrons. The van der Waals surface area contributed by atoms with Crippen LogP contribution in [0.3, 0.4) is 0 Å². The average Bonchev–Trinajstić information content (AvgIpc) is 3.24. The highest BCUT2D eigenvalue weighted by atomic mass is 19.1. The van der Waals surface area contributed by atoms with Crippen LogP contribution in [-0.2, 0) is 0 Å². The van der Waals surface area contributed by atoms with E-state index in [4.69, 9.17) is 0 Å². The monoisotopic (exact) mass is 269 g/mol. The Morgan fingerprint density at radius 2 is 1.75 bits per heavy atom. The van der Waals surface area contributed by atoms with E-state index in [0.717, 1.165) is 5.56 Å². The molecule has 0 aromatic heterocycles. The summed E-state index contributed by atoms with van der Waals surface area (Å²) in [5.74, 6) is 0.458. The van der Waals surface area contributed by atoms with Crippen LogP contribution in [0.5, 0.6) is 0 Å². The number of para-hydroxylation sites is 1. The second kappa shape index (κ2) is 5.28. The summed E-state index contributed by atoms with van der Waals surface area (Å²) in [6.45, 7) is 4.04. The van der Waals surface area contributed by atoms with E-state index in [1.165, 1.54) is 30.0 Å². The molecule has 3 rings (SSSR count). The van der Waals surface area contributed by atoms with Gasteiger partial charge in [0.05, 0.1) is 11.7 Å². The van der Waals surface area contributed by atoms with Gasteiger partial charge in [-0.3, -0.25) is 0 Å². The maximum absolute atomic E-state index is 14.0. The molecule has 0 heterocycles. The lowest BCUT2D eigenvalue weighted by Crippen LogP contribution is -2.14. The van der Waals surface area contributed by atoms with Crippen molar-refractivity contribution in [2.24, 2.45) is 5.92 Å². The maximum Gasteiger partial charge on any atom is 0.146 e. The van der Waals surface area contributed by atoms with Gasteiger partial charge in [0.15, 0.2) is 0 Å². The van der Waals surface area contributed by atoms with E-state index >= 15 is 0 Å². The summed E-state index contributed by atoms with van der Waals surface area (Å²) in [6, 6.07) is 14.0. The molecule has 0 bridgehead atoms. The Balaban J connectivity index is 1.90. The van der Waals surface area contributed by atoms with Gasteiger partial charge < -0.3 is 5.32 Å². The summed E-state index contributed by atoms with van der Waals surface area (Å²) in [7, 11) is 0. The molecule has 1 aliphatic carbocycles. The van der Waals surface area contributed by atoms with E-state index in [0.29, 0.717) is 11.6 Å². The fourth-order valence-corrected chi connectivity index (χ4v) is 2.65. The fraction of sp³-hybridized carbons (Fsp3) is 0.333. The zero-order valence-electron chi connectivity index (χ0n) is 12.0. The van der Waals surface area contributed by atoms with E-state index < -0.39 is 0 Å². The average molecular weight is 269 g/mol. The van der Waals surface area contributed by atoms with Crippen LogP contribution in [0, 0.1) is 25.6 Å². The summed E-state index contributed by atoms with van der Waals surface area (Å²) in [5.41, 5.74) is 4.11. The SMILES string of the molecule is Cc1ccc(C(Nc2c(C)cccc2F)C2CC2)cc1. The Kier molecular flexibility index (Phi) is 3.47. The molecular formula is C18H20FN. The van der Waals surface area contributed by atoms with E-state index in [1.807, 2.05) is 13.0 Å². The number of anilines is 1. The van der Waals surface area contributed by atoms with Gasteiger partial charge in [0.25, 0.3) is 0 Å². The van der Waals surface area contributed by atoms with Gasteiger partial charge >= 0.3 is 0 Å². The molecular weight excluding hydrogens is 249 g/mol. The minimum atomic E-state index is -0.164. The zero-order chi connectivity index (χ0) is 14.1. The van der Waals surface area contributed by atoms with E-state index in [1.54, 1.807) is 6.07 Å². The van der Waals surface area contributed by atoms with Crippen molar-refractivity contribution in [3.63, 3.8) is 0 Å². The summed E-state index contributed by atoms with van der Waals surface area (Å²) in [6.07, 6.45) is 2.44. The van der Waals surface area contributed by atoms with Crippen LogP contribution in [-0.4, -0.2) is 0 Å². The Morgan fingerprint density at radius 1 is 1.05 bits per heavy atom. The lowest BCUT2D eigenvalue weighted by molar-refractivity contribution is 0.615. The zero-order valence-corrected chi connectivity index (χ0v) is 12.0. The van der Waals surface area contributed by atoms with Crippen LogP contribution in [0.4, 0.5) is 10.1 Å². The highest BCUT2D eigenvalue weighted by Crippen LogP contribution is 2.43. The largest absolute Gasteiger partial charge is 0.375 e. The molecule has 1 aliphatic rings. The molecule has 0 saturated heterocycles. The second-order valence-electron chi connectivity index (χ2n) is 5.80. The van der Waals surface area contributed by atoms with Crippen LogP contribution >= 0.6 is 0 Å². The van der Waals surface area contributed by atoms with Crippen molar-refractivity contribution in [1.82, 2.24) is 0 Å². The van der Waals surface area contributed by atoms with Gasteiger partial charge in [0, 0.05) is 0 Å². The normalized spacial score (nSPS) is 15.9. The quantitative estimate of drug-likeness (QED) is 0.823. The molecule has 0 spiro atoms. The fourth-order valence-electron chi connectivity index (χ4n) is 2.65. The Morgan fingerprint density at radius 3 is 2.35 bits per heavy atom. The molecule has 1 atom stereocenters. The topological polar surface area (TPSA) is 12.0 Å². The van der Waals surface area contributed by atoms with Gasteiger partial charge in [0.1, 0.15) is 5.82 Å². The van der Waals surface area contributed by atoms with Gasteiger partial charge in [-0.25, -0.2) is 4.39 Å². The molecule has 1 unspecified atom stereocenters. The van der Waals surface area contributed by atoms with Gasteiger partial charge in [0.2, 0.25) is 0 Å². The predicted molar refractivity (Wildman–Crippen MR) is 81.4 cm³/mol. The highest BCUT2D eigenvalue weighted by molar-refractivity contribution is 5.53. The first kappa shape index (κ1) is 13.2. The van der Waals surface area contributed by atoms with Crippen molar-refractivity contribution in [2.45, 2.75) is 32.7 Å². The van der Waals surface area contributed by atoms with Crippen molar-refractivity contribution in [3.8, 4) is 0 Å². The summed E-state index contributed by atoms with van der Waals surface area (Å²) in [4.78, 5) is 0. The van der Waals surface area contributed by atoms with Crippen LogP contribution in [0.25, 0.3) is 0 Å². The number of hydrogen-bond acceptors (Lipinski definition) is 1. The molecule has 2 aromatic rings. The van der Waals surface area contributed by atoms with E-state index in [9.17, 15) is 4.39 Å². The predicted octanol–water partition coefficient (Wildman–Crippen LogP) is 5.01. The third-order valence-corrected chi connectivity index (χ3v) is 4.05. The minimum absolute atomic E-state index is 0.164. The summed E-state index contributed by atoms with van der Waals surface area (Å²) in [5, 5.41) is 3.44. The molecule has 2 heteroatoms. The van der Waals surface area contributed by atoms with Gasteiger partial charge in [-0.05, 0) is 49.8 Å². The lowest BCUT2D eigenvalue weighted by Gasteiger charge is -2.22. The Hall–Kier alpha value is -1.83. The first-order chi connectivity index (χ1) is 9.65. The van der Waals surface area contributed by atoms with Crippen molar-refractivity contribution in [1.29, 1.82) is 0 Å². The first-order valence-electron chi connectivity index (χ1n) is 7.23. The second-order valence-corrected chi connectivity index (χ2v) is 5.80. The number of halogens is 1. The van der Waals surface area contributed by atoms with E-state index in [-0.39, 0.29) is 11.9 Å². The first-order valence-corrected chi connectivity index (χ1v) is 7.23. The van der Waals surface area contributed by atoms with Crippen molar-refractivity contribution >= 4 is 5.69 Å². The molecule has 1 N–H and O–H groups in total. The van der Waals surface area contributed by atoms with Crippen molar-refractivity contribution in [3.05, 3.63) is 65.0 Å². The van der Waals surface area contributed by atoms with Crippen molar-refractivity contribution in [2.75, 3.05) is 5.32 Å². The lowest BCUT2D eigenvalue weighted by atomic mass is 10.00. The molecule has 0 amide bonds. The van der Waals surface area contributed by atoms with Gasteiger partial charge in [-0.15, -0.1) is 0 Å². The Bertz CT molecular complexity index is 579. The minimum Gasteiger partial charge on any atom is -0.375 e. The molecule has 2 aromatic carbocycles. The number of rotatable bonds is 4. The smallest absolute Gasteiger partial charge is 0.146 e. The molecule has 104 valence electrons. The molecule has 1 fully saturated rings. The van der Waals surface area contributed by atoms with Crippen LogP contribution in [0.2, 0.25) is 0 Å².